The summed E-state index contributed by atoms with van der Waals surface area (Å²) in [7, 11) is 3.14. The lowest BCUT2D eigenvalue weighted by Gasteiger charge is -2.30. The highest BCUT2D eigenvalue weighted by molar-refractivity contribution is 6.36. The molecule has 1 atom stereocenters. The fourth-order valence-corrected chi connectivity index (χ4v) is 3.79. The lowest BCUT2D eigenvalue weighted by atomic mass is 10.1. The number of rotatable bonds is 10. The van der Waals surface area contributed by atoms with E-state index in [-0.39, 0.29) is 30.8 Å². The first-order valence-corrected chi connectivity index (χ1v) is 11.2. The Labute approximate surface area is 199 Å². The molecule has 6 nitrogen and oxygen atoms in total. The van der Waals surface area contributed by atoms with Gasteiger partial charge in [0.15, 0.2) is 11.5 Å². The molecule has 0 aromatic heterocycles. The van der Waals surface area contributed by atoms with Crippen molar-refractivity contribution in [3.8, 4) is 11.5 Å². The Morgan fingerprint density at radius 3 is 2.19 bits per heavy atom. The summed E-state index contributed by atoms with van der Waals surface area (Å²) in [4.78, 5) is 27.5. The molecule has 0 saturated carbocycles. The zero-order valence-corrected chi connectivity index (χ0v) is 20.6. The molecule has 0 saturated heterocycles. The molecule has 0 spiro atoms. The summed E-state index contributed by atoms with van der Waals surface area (Å²) in [5.74, 6) is 0.809. The van der Waals surface area contributed by atoms with Crippen molar-refractivity contribution in [2.24, 2.45) is 0 Å². The topological polar surface area (TPSA) is 67.9 Å². The van der Waals surface area contributed by atoms with Gasteiger partial charge >= 0.3 is 0 Å². The number of nitrogens with zero attached hydrogens (tertiary/aromatic N) is 1. The van der Waals surface area contributed by atoms with Crippen LogP contribution >= 0.6 is 23.2 Å². The summed E-state index contributed by atoms with van der Waals surface area (Å²) in [6.07, 6.45) is 0.682. The molecule has 1 N–H and O–H groups in total. The Hall–Kier alpha value is -2.44. The van der Waals surface area contributed by atoms with Crippen molar-refractivity contribution < 1.29 is 19.1 Å². The molecule has 2 aromatic carbocycles. The van der Waals surface area contributed by atoms with Crippen molar-refractivity contribution in [1.82, 2.24) is 10.2 Å². The standard InChI is InChI=1S/C24H30Cl2N2O4/c1-15(2)27-24(30)16(3)28(14-18-19(25)7-6-8-20(18)26)23(29)12-10-17-9-11-21(31-4)22(13-17)32-5/h6-9,11,13,15-16H,10,12,14H2,1-5H3,(H,27,30)/t16-/m0/s1. The van der Waals surface area contributed by atoms with E-state index < -0.39 is 6.04 Å². The predicted octanol–water partition coefficient (Wildman–Crippen LogP) is 4.89. The van der Waals surface area contributed by atoms with Crippen molar-refractivity contribution >= 4 is 35.0 Å². The van der Waals surface area contributed by atoms with Gasteiger partial charge in [0.05, 0.1) is 14.2 Å². The van der Waals surface area contributed by atoms with Gasteiger partial charge in [0, 0.05) is 34.6 Å². The third-order valence-electron chi connectivity index (χ3n) is 5.06. The Kier molecular flexibility index (Phi) is 9.66. The maximum atomic E-state index is 13.3. The van der Waals surface area contributed by atoms with Crippen molar-refractivity contribution in [3.63, 3.8) is 0 Å². The smallest absolute Gasteiger partial charge is 0.242 e. The average Bonchev–Trinajstić information content (AvgIpc) is 2.76. The number of benzene rings is 2. The quantitative estimate of drug-likeness (QED) is 0.525. The molecule has 0 radical (unpaired) electrons. The van der Waals surface area contributed by atoms with Crippen LogP contribution < -0.4 is 14.8 Å². The molecule has 2 aromatic rings. The molecule has 0 heterocycles. The Morgan fingerprint density at radius 2 is 1.62 bits per heavy atom. The van der Waals surface area contributed by atoms with Crippen LogP contribution in [0, 0.1) is 0 Å². The van der Waals surface area contributed by atoms with Gasteiger partial charge in [0.2, 0.25) is 11.8 Å². The average molecular weight is 481 g/mol. The lowest BCUT2D eigenvalue weighted by Crippen LogP contribution is -2.49. The first kappa shape index (κ1) is 25.8. The number of methoxy groups -OCH3 is 2. The fourth-order valence-electron chi connectivity index (χ4n) is 3.27. The van der Waals surface area contributed by atoms with Gasteiger partial charge in [-0.1, -0.05) is 35.3 Å². The van der Waals surface area contributed by atoms with Crippen LogP contribution in [-0.4, -0.2) is 43.0 Å². The largest absolute Gasteiger partial charge is 0.493 e. The number of halogens is 2. The number of hydrogen-bond acceptors (Lipinski definition) is 4. The Balaban J connectivity index is 2.24. The van der Waals surface area contributed by atoms with Gasteiger partial charge < -0.3 is 19.7 Å². The second kappa shape index (κ2) is 12.0. The first-order valence-electron chi connectivity index (χ1n) is 10.4. The number of ether oxygens (including phenoxy) is 2. The van der Waals surface area contributed by atoms with Crippen LogP contribution in [0.3, 0.4) is 0 Å². The normalized spacial score (nSPS) is 11.8. The van der Waals surface area contributed by atoms with E-state index >= 15 is 0 Å². The van der Waals surface area contributed by atoms with Gasteiger partial charge in [-0.05, 0) is 57.0 Å². The molecule has 0 aliphatic rings. The minimum atomic E-state index is -0.692. The number of hydrogen-bond donors (Lipinski definition) is 1. The zero-order valence-electron chi connectivity index (χ0n) is 19.1. The third kappa shape index (κ3) is 6.78. The SMILES string of the molecule is COc1ccc(CCC(=O)N(Cc2c(Cl)cccc2Cl)[C@@H](C)C(=O)NC(C)C)cc1OC. The van der Waals surface area contributed by atoms with Gasteiger partial charge in [0.25, 0.3) is 0 Å². The van der Waals surface area contributed by atoms with Crippen molar-refractivity contribution in [3.05, 3.63) is 57.6 Å². The molecular weight excluding hydrogens is 451 g/mol. The van der Waals surface area contributed by atoms with Gasteiger partial charge in [-0.25, -0.2) is 0 Å². The summed E-state index contributed by atoms with van der Waals surface area (Å²) < 4.78 is 10.6. The van der Waals surface area contributed by atoms with Gasteiger partial charge in [-0.3, -0.25) is 9.59 Å². The van der Waals surface area contributed by atoms with Crippen molar-refractivity contribution in [1.29, 1.82) is 0 Å². The van der Waals surface area contributed by atoms with E-state index in [1.165, 1.54) is 4.90 Å². The van der Waals surface area contributed by atoms with Crippen LogP contribution in [0.5, 0.6) is 11.5 Å². The molecule has 2 amide bonds. The molecule has 0 fully saturated rings. The summed E-state index contributed by atoms with van der Waals surface area (Å²) in [6, 6.07) is 9.97. The van der Waals surface area contributed by atoms with Gasteiger partial charge in [-0.2, -0.15) is 0 Å². The van der Waals surface area contributed by atoms with Crippen LogP contribution in [0.2, 0.25) is 10.0 Å². The van der Waals surface area contributed by atoms with E-state index in [4.69, 9.17) is 32.7 Å². The van der Waals surface area contributed by atoms with Crippen LogP contribution in [0.15, 0.2) is 36.4 Å². The highest BCUT2D eigenvalue weighted by Crippen LogP contribution is 2.29. The molecule has 8 heteroatoms. The second-order valence-electron chi connectivity index (χ2n) is 7.75. The van der Waals surface area contributed by atoms with E-state index in [9.17, 15) is 9.59 Å². The Morgan fingerprint density at radius 1 is 1.00 bits per heavy atom. The molecule has 0 bridgehead atoms. The minimum Gasteiger partial charge on any atom is -0.493 e. The molecular formula is C24H30Cl2N2O4. The molecule has 174 valence electrons. The number of carbonyl (C=O) groups is 2. The zero-order chi connectivity index (χ0) is 23.8. The van der Waals surface area contributed by atoms with E-state index in [2.05, 4.69) is 5.32 Å². The van der Waals surface area contributed by atoms with Crippen LogP contribution in [0.4, 0.5) is 0 Å². The number of nitrogens with one attached hydrogen (secondary N) is 1. The van der Waals surface area contributed by atoms with Crippen LogP contribution in [0.1, 0.15) is 38.3 Å². The van der Waals surface area contributed by atoms with E-state index in [1.807, 2.05) is 26.0 Å². The van der Waals surface area contributed by atoms with E-state index in [0.29, 0.717) is 33.5 Å². The Bertz CT molecular complexity index is 929. The highest BCUT2D eigenvalue weighted by atomic mass is 35.5. The van der Waals surface area contributed by atoms with E-state index in [0.717, 1.165) is 5.56 Å². The van der Waals surface area contributed by atoms with Crippen molar-refractivity contribution in [2.45, 2.75) is 52.2 Å². The maximum absolute atomic E-state index is 13.3. The second-order valence-corrected chi connectivity index (χ2v) is 8.56. The van der Waals surface area contributed by atoms with Crippen molar-refractivity contribution in [2.75, 3.05) is 14.2 Å². The summed E-state index contributed by atoms with van der Waals surface area (Å²) in [5.41, 5.74) is 1.53. The van der Waals surface area contributed by atoms with Gasteiger partial charge in [-0.15, -0.1) is 0 Å². The number of carbonyl (C=O) groups excluding carboxylic acids is 2. The fraction of sp³-hybridized carbons (Fsp3) is 0.417. The minimum absolute atomic E-state index is 0.0439. The molecule has 0 aliphatic heterocycles. The molecule has 32 heavy (non-hydrogen) atoms. The number of aryl methyl sites for hydroxylation is 1. The lowest BCUT2D eigenvalue weighted by molar-refractivity contribution is -0.140. The molecule has 0 aliphatic carbocycles. The van der Waals surface area contributed by atoms with Crippen LogP contribution in [-0.2, 0) is 22.6 Å². The number of amides is 2. The summed E-state index contributed by atoms with van der Waals surface area (Å²) >= 11 is 12.7. The maximum Gasteiger partial charge on any atom is 0.242 e. The van der Waals surface area contributed by atoms with Gasteiger partial charge in [0.1, 0.15) is 6.04 Å². The highest BCUT2D eigenvalue weighted by Gasteiger charge is 2.27. The molecule has 0 unspecified atom stereocenters. The third-order valence-corrected chi connectivity index (χ3v) is 5.77. The monoisotopic (exact) mass is 480 g/mol. The summed E-state index contributed by atoms with van der Waals surface area (Å²) in [6.45, 7) is 5.59. The van der Waals surface area contributed by atoms with Crippen LogP contribution in [0.25, 0.3) is 0 Å². The summed E-state index contributed by atoms with van der Waals surface area (Å²) in [5, 5.41) is 3.77. The molecule has 2 rings (SSSR count). The predicted molar refractivity (Wildman–Crippen MR) is 128 cm³/mol. The first-order chi connectivity index (χ1) is 15.2. The van der Waals surface area contributed by atoms with E-state index in [1.54, 1.807) is 45.4 Å².